The van der Waals surface area contributed by atoms with Gasteiger partial charge >= 0.3 is 6.03 Å². The number of likely N-dealkylation sites (tertiary alicyclic amines) is 1. The fourth-order valence-corrected chi connectivity index (χ4v) is 3.04. The second-order valence-electron chi connectivity index (χ2n) is 5.69. The molecule has 23 heavy (non-hydrogen) atoms. The van der Waals surface area contributed by atoms with Gasteiger partial charge in [0.15, 0.2) is 5.82 Å². The van der Waals surface area contributed by atoms with Crippen LogP contribution in [-0.4, -0.2) is 35.5 Å². The van der Waals surface area contributed by atoms with Crippen LogP contribution in [0.5, 0.6) is 0 Å². The summed E-state index contributed by atoms with van der Waals surface area (Å²) in [7, 11) is 2.04. The number of aromatic nitrogens is 1. The Hall–Kier alpha value is -2.47. The Morgan fingerprint density at radius 1 is 1.30 bits per heavy atom. The number of hydrogen-bond donors (Lipinski definition) is 2. The molecule has 0 unspecified atom stereocenters. The summed E-state index contributed by atoms with van der Waals surface area (Å²) >= 11 is 0. The van der Waals surface area contributed by atoms with E-state index in [1.807, 2.05) is 25.2 Å². The number of halogens is 1. The van der Waals surface area contributed by atoms with E-state index in [1.165, 1.54) is 12.3 Å². The van der Waals surface area contributed by atoms with Gasteiger partial charge in [-0.25, -0.2) is 9.18 Å². The molecule has 5 nitrogen and oxygen atoms in total. The quantitative estimate of drug-likeness (QED) is 0.916. The summed E-state index contributed by atoms with van der Waals surface area (Å²) in [6.07, 6.45) is 3.36. The molecule has 1 aromatic heterocycles. The molecule has 1 fully saturated rings. The minimum atomic E-state index is -0.550. The predicted molar refractivity (Wildman–Crippen MR) is 86.6 cm³/mol. The van der Waals surface area contributed by atoms with E-state index >= 15 is 0 Å². The summed E-state index contributed by atoms with van der Waals surface area (Å²) in [5.74, 6) is -0.550. The van der Waals surface area contributed by atoms with Crippen molar-refractivity contribution >= 4 is 11.7 Å². The normalized spacial score (nSPS) is 21.1. The number of urea groups is 1. The number of likely N-dealkylation sites (N-methyl/N-ethyl adjacent to an activating group) is 1. The lowest BCUT2D eigenvalue weighted by Gasteiger charge is -2.26. The van der Waals surface area contributed by atoms with E-state index in [-0.39, 0.29) is 17.8 Å². The Balaban J connectivity index is 1.69. The molecular weight excluding hydrogens is 295 g/mol. The van der Waals surface area contributed by atoms with Crippen molar-refractivity contribution in [1.29, 1.82) is 0 Å². The monoisotopic (exact) mass is 314 g/mol. The molecule has 2 amide bonds. The number of benzene rings is 1. The minimum absolute atomic E-state index is 0.0210. The molecule has 2 atom stereocenters. The van der Waals surface area contributed by atoms with Gasteiger partial charge in [-0.3, -0.25) is 9.88 Å². The highest BCUT2D eigenvalue weighted by molar-refractivity contribution is 5.89. The molecule has 0 radical (unpaired) electrons. The Labute approximate surface area is 134 Å². The van der Waals surface area contributed by atoms with Gasteiger partial charge in [-0.1, -0.05) is 30.3 Å². The van der Waals surface area contributed by atoms with Gasteiger partial charge in [-0.2, -0.15) is 0 Å². The molecule has 0 saturated carbocycles. The molecule has 1 saturated heterocycles. The number of rotatable bonds is 3. The van der Waals surface area contributed by atoms with Crippen molar-refractivity contribution < 1.29 is 9.18 Å². The first-order valence-corrected chi connectivity index (χ1v) is 7.57. The van der Waals surface area contributed by atoms with E-state index < -0.39 is 11.8 Å². The highest BCUT2D eigenvalue weighted by atomic mass is 19.1. The van der Waals surface area contributed by atoms with Crippen molar-refractivity contribution in [2.24, 2.45) is 0 Å². The summed E-state index contributed by atoms with van der Waals surface area (Å²) in [4.78, 5) is 18.1. The Kier molecular flexibility index (Phi) is 4.52. The minimum Gasteiger partial charge on any atom is -0.333 e. The average molecular weight is 314 g/mol. The molecule has 0 bridgehead atoms. The molecule has 2 N–H and O–H groups in total. The van der Waals surface area contributed by atoms with E-state index in [1.54, 1.807) is 0 Å². The number of pyridine rings is 1. The van der Waals surface area contributed by atoms with Gasteiger partial charge in [-0.05, 0) is 25.1 Å². The summed E-state index contributed by atoms with van der Waals surface area (Å²) in [6, 6.07) is 11.2. The second-order valence-corrected chi connectivity index (χ2v) is 5.69. The zero-order valence-corrected chi connectivity index (χ0v) is 12.9. The largest absolute Gasteiger partial charge is 0.333 e. The molecular formula is C17H19FN4O. The van der Waals surface area contributed by atoms with Crippen molar-refractivity contribution in [3.05, 3.63) is 60.2 Å². The van der Waals surface area contributed by atoms with Crippen LogP contribution in [0.1, 0.15) is 18.0 Å². The highest BCUT2D eigenvalue weighted by Gasteiger charge is 2.33. The third-order valence-corrected chi connectivity index (χ3v) is 4.13. The van der Waals surface area contributed by atoms with Gasteiger partial charge < -0.3 is 10.6 Å². The first-order valence-electron chi connectivity index (χ1n) is 7.57. The predicted octanol–water partition coefficient (Wildman–Crippen LogP) is 2.79. The molecule has 6 heteroatoms. The topological polar surface area (TPSA) is 57.3 Å². The van der Waals surface area contributed by atoms with Crippen LogP contribution in [0.3, 0.4) is 0 Å². The average Bonchev–Trinajstić information content (AvgIpc) is 2.91. The zero-order valence-electron chi connectivity index (χ0n) is 12.9. The van der Waals surface area contributed by atoms with Crippen molar-refractivity contribution in [1.82, 2.24) is 15.2 Å². The summed E-state index contributed by atoms with van der Waals surface area (Å²) < 4.78 is 13.6. The van der Waals surface area contributed by atoms with Gasteiger partial charge in [0.2, 0.25) is 0 Å². The van der Waals surface area contributed by atoms with Crippen molar-refractivity contribution in [2.75, 3.05) is 18.9 Å². The van der Waals surface area contributed by atoms with Crippen LogP contribution in [-0.2, 0) is 0 Å². The Morgan fingerprint density at radius 3 is 2.83 bits per heavy atom. The van der Waals surface area contributed by atoms with Crippen LogP contribution in [0, 0.1) is 5.82 Å². The van der Waals surface area contributed by atoms with E-state index in [0.717, 1.165) is 24.7 Å². The summed E-state index contributed by atoms with van der Waals surface area (Å²) in [5, 5.41) is 5.50. The van der Waals surface area contributed by atoms with Crippen molar-refractivity contribution in [2.45, 2.75) is 18.5 Å². The number of hydrogen-bond acceptors (Lipinski definition) is 3. The lowest BCUT2D eigenvalue weighted by Crippen LogP contribution is -2.41. The van der Waals surface area contributed by atoms with Gasteiger partial charge in [0.25, 0.3) is 0 Å². The number of anilines is 1. The van der Waals surface area contributed by atoms with Crippen LogP contribution < -0.4 is 10.6 Å². The van der Waals surface area contributed by atoms with Crippen LogP contribution in [0.25, 0.3) is 0 Å². The standard InChI is InChI=1S/C17H19FN4O/c1-22-10-8-15(16(22)12-5-3-2-4-6-12)21-17(23)20-14-7-9-19-11-13(14)18/h2-7,9,11,15-16H,8,10H2,1H3,(H2,19,20,21,23)/t15-,16-/m1/s1. The SMILES string of the molecule is CN1CC[C@@H](NC(=O)Nc2ccncc2F)[C@H]1c1ccccc1. The molecule has 1 aliphatic heterocycles. The van der Waals surface area contributed by atoms with Crippen molar-refractivity contribution in [3.8, 4) is 0 Å². The van der Waals surface area contributed by atoms with E-state index in [2.05, 4.69) is 32.7 Å². The lowest BCUT2D eigenvalue weighted by atomic mass is 10.0. The van der Waals surface area contributed by atoms with Crippen LogP contribution >= 0.6 is 0 Å². The third kappa shape index (κ3) is 3.48. The maximum atomic E-state index is 13.6. The zero-order chi connectivity index (χ0) is 16.2. The molecule has 0 aliphatic carbocycles. The maximum absolute atomic E-state index is 13.6. The van der Waals surface area contributed by atoms with Gasteiger partial charge in [0, 0.05) is 12.7 Å². The molecule has 3 rings (SSSR count). The first-order chi connectivity index (χ1) is 11.1. The van der Waals surface area contributed by atoms with E-state index in [0.29, 0.717) is 0 Å². The number of amides is 2. The molecule has 2 heterocycles. The molecule has 2 aromatic rings. The van der Waals surface area contributed by atoms with Gasteiger partial charge in [0.05, 0.1) is 24.0 Å². The van der Waals surface area contributed by atoms with Crippen LogP contribution in [0.15, 0.2) is 48.8 Å². The summed E-state index contributed by atoms with van der Waals surface area (Å²) in [5.41, 5.74) is 1.29. The Bertz CT molecular complexity index is 679. The fraction of sp³-hybridized carbons (Fsp3) is 0.294. The highest BCUT2D eigenvalue weighted by Crippen LogP contribution is 2.30. The van der Waals surface area contributed by atoms with E-state index in [4.69, 9.17) is 0 Å². The first kappa shape index (κ1) is 15.4. The number of carbonyl (C=O) groups is 1. The smallest absolute Gasteiger partial charge is 0.319 e. The van der Waals surface area contributed by atoms with Gasteiger partial charge in [0.1, 0.15) is 0 Å². The maximum Gasteiger partial charge on any atom is 0.319 e. The van der Waals surface area contributed by atoms with Crippen molar-refractivity contribution in [3.63, 3.8) is 0 Å². The second kappa shape index (κ2) is 6.75. The lowest BCUT2D eigenvalue weighted by molar-refractivity contribution is 0.240. The molecule has 1 aliphatic rings. The Morgan fingerprint density at radius 2 is 2.09 bits per heavy atom. The number of carbonyl (C=O) groups excluding carboxylic acids is 1. The van der Waals surface area contributed by atoms with E-state index in [9.17, 15) is 9.18 Å². The molecule has 1 aromatic carbocycles. The summed E-state index contributed by atoms with van der Waals surface area (Å²) in [6.45, 7) is 0.897. The molecule has 120 valence electrons. The third-order valence-electron chi connectivity index (χ3n) is 4.13. The van der Waals surface area contributed by atoms with Gasteiger partial charge in [-0.15, -0.1) is 0 Å². The number of nitrogens with zero attached hydrogens (tertiary/aromatic N) is 2. The molecule has 0 spiro atoms. The number of nitrogens with one attached hydrogen (secondary N) is 2. The van der Waals surface area contributed by atoms with Crippen LogP contribution in [0.2, 0.25) is 0 Å². The fourth-order valence-electron chi connectivity index (χ4n) is 3.04. The van der Waals surface area contributed by atoms with Crippen LogP contribution in [0.4, 0.5) is 14.9 Å².